The molecule has 3 atom stereocenters. The van der Waals surface area contributed by atoms with Gasteiger partial charge in [-0.05, 0) is 31.3 Å². The lowest BCUT2D eigenvalue weighted by molar-refractivity contribution is 0.0677. The fourth-order valence-corrected chi connectivity index (χ4v) is 3.28. The number of aliphatic hydroxyl groups excluding tert-OH is 1. The van der Waals surface area contributed by atoms with Crippen molar-refractivity contribution in [3.8, 4) is 0 Å². The van der Waals surface area contributed by atoms with Crippen molar-refractivity contribution in [3.05, 3.63) is 0 Å². The number of likely N-dealkylation sites (tertiary alicyclic amines) is 1. The summed E-state index contributed by atoms with van der Waals surface area (Å²) in [6.07, 6.45) is 1.24. The second-order valence-electron chi connectivity index (χ2n) is 4.89. The van der Waals surface area contributed by atoms with Gasteiger partial charge in [0.15, 0.2) is 0 Å². The Hall–Kier alpha value is -0.160. The van der Waals surface area contributed by atoms with Gasteiger partial charge in [-0.1, -0.05) is 6.92 Å². The molecule has 0 radical (unpaired) electrons. The maximum absolute atomic E-state index is 8.64. The molecule has 0 saturated carbocycles. The van der Waals surface area contributed by atoms with E-state index < -0.39 is 0 Å². The van der Waals surface area contributed by atoms with Gasteiger partial charge in [0, 0.05) is 19.1 Å². The normalized spacial score (nSPS) is 34.5. The Balaban J connectivity index is 1.76. The average molecular weight is 228 g/mol. The van der Waals surface area contributed by atoms with E-state index in [2.05, 4.69) is 17.1 Å². The predicted octanol–water partition coefficient (Wildman–Crippen LogP) is -0.0749. The van der Waals surface area contributed by atoms with Gasteiger partial charge in [-0.2, -0.15) is 0 Å². The van der Waals surface area contributed by atoms with Gasteiger partial charge in [0.25, 0.3) is 0 Å². The standard InChI is InChI=1S/C12H24N2O2/c1-2-12-11-8-13-7-10(11)9-14(12)3-5-16-6-4-15/h10-13,15H,2-9H2,1H3. The molecule has 2 heterocycles. The fourth-order valence-electron chi connectivity index (χ4n) is 3.28. The van der Waals surface area contributed by atoms with Crippen LogP contribution in [0.5, 0.6) is 0 Å². The quantitative estimate of drug-likeness (QED) is 0.625. The van der Waals surface area contributed by atoms with E-state index in [0.717, 1.165) is 31.0 Å². The second kappa shape index (κ2) is 5.96. The van der Waals surface area contributed by atoms with Gasteiger partial charge in [0.2, 0.25) is 0 Å². The zero-order valence-corrected chi connectivity index (χ0v) is 10.2. The summed E-state index contributed by atoms with van der Waals surface area (Å²) in [6, 6.07) is 0.734. The van der Waals surface area contributed by atoms with Crippen molar-refractivity contribution in [2.75, 3.05) is 46.0 Å². The number of rotatable bonds is 6. The molecule has 0 aliphatic carbocycles. The van der Waals surface area contributed by atoms with Crippen molar-refractivity contribution in [1.29, 1.82) is 0 Å². The smallest absolute Gasteiger partial charge is 0.0698 e. The van der Waals surface area contributed by atoms with Crippen LogP contribution in [0.1, 0.15) is 13.3 Å². The number of aliphatic hydroxyl groups is 1. The molecule has 0 amide bonds. The summed E-state index contributed by atoms with van der Waals surface area (Å²) in [7, 11) is 0. The molecule has 16 heavy (non-hydrogen) atoms. The Morgan fingerprint density at radius 2 is 2.25 bits per heavy atom. The van der Waals surface area contributed by atoms with Gasteiger partial charge < -0.3 is 15.2 Å². The molecule has 2 aliphatic rings. The number of fused-ring (bicyclic) bond motifs is 1. The Kier molecular flexibility index (Phi) is 4.58. The Labute approximate surface area is 98.0 Å². The molecule has 2 rings (SSSR count). The third-order valence-electron chi connectivity index (χ3n) is 4.00. The first-order chi connectivity index (χ1) is 7.86. The summed E-state index contributed by atoms with van der Waals surface area (Å²) in [6.45, 7) is 8.26. The first-order valence-corrected chi connectivity index (χ1v) is 6.50. The minimum Gasteiger partial charge on any atom is -0.394 e. The average Bonchev–Trinajstić information content (AvgIpc) is 2.84. The van der Waals surface area contributed by atoms with Crippen LogP contribution in [0.25, 0.3) is 0 Å². The number of nitrogens with zero attached hydrogens (tertiary/aromatic N) is 1. The van der Waals surface area contributed by atoms with Gasteiger partial charge >= 0.3 is 0 Å². The van der Waals surface area contributed by atoms with Crippen LogP contribution in [0.3, 0.4) is 0 Å². The van der Waals surface area contributed by atoms with Crippen LogP contribution in [0, 0.1) is 11.8 Å². The largest absolute Gasteiger partial charge is 0.394 e. The molecule has 0 bridgehead atoms. The van der Waals surface area contributed by atoms with Gasteiger partial charge in [-0.25, -0.2) is 0 Å². The second-order valence-corrected chi connectivity index (χ2v) is 4.89. The summed E-state index contributed by atoms with van der Waals surface area (Å²) in [5.41, 5.74) is 0. The van der Waals surface area contributed by atoms with E-state index in [0.29, 0.717) is 6.61 Å². The fraction of sp³-hybridized carbons (Fsp3) is 1.00. The molecule has 94 valence electrons. The van der Waals surface area contributed by atoms with Crippen molar-refractivity contribution in [2.24, 2.45) is 11.8 Å². The highest BCUT2D eigenvalue weighted by atomic mass is 16.5. The molecule has 2 fully saturated rings. The molecule has 0 aromatic heterocycles. The van der Waals surface area contributed by atoms with Crippen LogP contribution in [0.15, 0.2) is 0 Å². The lowest BCUT2D eigenvalue weighted by atomic mass is 9.93. The summed E-state index contributed by atoms with van der Waals surface area (Å²) in [4.78, 5) is 2.58. The first-order valence-electron chi connectivity index (χ1n) is 6.50. The zero-order chi connectivity index (χ0) is 11.4. The lowest BCUT2D eigenvalue weighted by Gasteiger charge is -2.26. The van der Waals surface area contributed by atoms with Crippen LogP contribution in [0.4, 0.5) is 0 Å². The van der Waals surface area contributed by atoms with Crippen LogP contribution in [-0.4, -0.2) is 62.0 Å². The molecular formula is C12H24N2O2. The molecule has 0 aromatic rings. The number of hydrogen-bond acceptors (Lipinski definition) is 4. The van der Waals surface area contributed by atoms with Gasteiger partial charge in [-0.3, -0.25) is 4.90 Å². The lowest BCUT2D eigenvalue weighted by Crippen LogP contribution is -2.37. The SMILES string of the molecule is CCC1C2CNCC2CN1CCOCCO. The van der Waals surface area contributed by atoms with Gasteiger partial charge in [-0.15, -0.1) is 0 Å². The molecule has 0 spiro atoms. The van der Waals surface area contributed by atoms with Crippen LogP contribution < -0.4 is 5.32 Å². The van der Waals surface area contributed by atoms with E-state index in [9.17, 15) is 0 Å². The van der Waals surface area contributed by atoms with Gasteiger partial charge in [0.05, 0.1) is 19.8 Å². The third-order valence-corrected chi connectivity index (χ3v) is 4.00. The molecule has 2 aliphatic heterocycles. The topological polar surface area (TPSA) is 44.7 Å². The van der Waals surface area contributed by atoms with Crippen molar-refractivity contribution in [1.82, 2.24) is 10.2 Å². The van der Waals surface area contributed by atoms with Crippen molar-refractivity contribution in [2.45, 2.75) is 19.4 Å². The van der Waals surface area contributed by atoms with Crippen LogP contribution in [0.2, 0.25) is 0 Å². The maximum atomic E-state index is 8.64. The highest BCUT2D eigenvalue weighted by molar-refractivity contribution is 4.97. The molecule has 0 aromatic carbocycles. The summed E-state index contributed by atoms with van der Waals surface area (Å²) in [5.74, 6) is 1.70. The Morgan fingerprint density at radius 3 is 3.00 bits per heavy atom. The van der Waals surface area contributed by atoms with E-state index in [-0.39, 0.29) is 6.61 Å². The minimum atomic E-state index is 0.131. The third kappa shape index (κ3) is 2.56. The molecule has 2 N–H and O–H groups in total. The Morgan fingerprint density at radius 1 is 1.38 bits per heavy atom. The molecule has 4 nitrogen and oxygen atoms in total. The van der Waals surface area contributed by atoms with E-state index >= 15 is 0 Å². The predicted molar refractivity (Wildman–Crippen MR) is 63.4 cm³/mol. The Bertz CT molecular complexity index is 213. The van der Waals surface area contributed by atoms with E-state index in [4.69, 9.17) is 9.84 Å². The van der Waals surface area contributed by atoms with Crippen molar-refractivity contribution >= 4 is 0 Å². The first kappa shape index (κ1) is 12.3. The number of hydrogen-bond donors (Lipinski definition) is 2. The minimum absolute atomic E-state index is 0.131. The van der Waals surface area contributed by atoms with Crippen LogP contribution in [-0.2, 0) is 4.74 Å². The molecule has 4 heteroatoms. The van der Waals surface area contributed by atoms with E-state index in [1.165, 1.54) is 26.1 Å². The van der Waals surface area contributed by atoms with Gasteiger partial charge in [0.1, 0.15) is 0 Å². The molecule has 3 unspecified atom stereocenters. The number of ether oxygens (including phenoxy) is 1. The van der Waals surface area contributed by atoms with Crippen molar-refractivity contribution < 1.29 is 9.84 Å². The van der Waals surface area contributed by atoms with Crippen LogP contribution >= 0.6 is 0 Å². The van der Waals surface area contributed by atoms with E-state index in [1.807, 2.05) is 0 Å². The highest BCUT2D eigenvalue weighted by Crippen LogP contribution is 2.33. The van der Waals surface area contributed by atoms with E-state index in [1.54, 1.807) is 0 Å². The monoisotopic (exact) mass is 228 g/mol. The van der Waals surface area contributed by atoms with Crippen molar-refractivity contribution in [3.63, 3.8) is 0 Å². The summed E-state index contributed by atoms with van der Waals surface area (Å²) in [5, 5.41) is 12.1. The summed E-state index contributed by atoms with van der Waals surface area (Å²) < 4.78 is 5.35. The maximum Gasteiger partial charge on any atom is 0.0698 e. The highest BCUT2D eigenvalue weighted by Gasteiger charge is 2.42. The molecular weight excluding hydrogens is 204 g/mol. The number of nitrogens with one attached hydrogen (secondary N) is 1. The molecule has 2 saturated heterocycles. The zero-order valence-electron chi connectivity index (χ0n) is 10.2. The summed E-state index contributed by atoms with van der Waals surface area (Å²) >= 11 is 0.